The van der Waals surface area contributed by atoms with Gasteiger partial charge in [-0.1, -0.05) is 6.92 Å². The topological polar surface area (TPSA) is 156 Å². The Hall–Kier alpha value is -3.20. The number of nitrogens with zero attached hydrogens (tertiary/aromatic N) is 3. The Balaban J connectivity index is 2.29. The van der Waals surface area contributed by atoms with Crippen molar-refractivity contribution in [1.82, 2.24) is 15.0 Å². The van der Waals surface area contributed by atoms with E-state index in [1.54, 1.807) is 6.92 Å². The van der Waals surface area contributed by atoms with E-state index < -0.39 is 46.7 Å². The summed E-state index contributed by atoms with van der Waals surface area (Å²) >= 11 is 0. The van der Waals surface area contributed by atoms with Gasteiger partial charge in [-0.25, -0.2) is 13.6 Å². The number of carbonyl (C=O) groups is 1. The summed E-state index contributed by atoms with van der Waals surface area (Å²) in [4.78, 5) is 23.0. The lowest BCUT2D eigenvalue weighted by Crippen LogP contribution is -2.21. The van der Waals surface area contributed by atoms with E-state index >= 15 is 0 Å². The van der Waals surface area contributed by atoms with E-state index in [9.17, 15) is 26.4 Å². The van der Waals surface area contributed by atoms with Gasteiger partial charge in [-0.2, -0.15) is 23.1 Å². The number of rotatable bonds is 9. The predicted molar refractivity (Wildman–Crippen MR) is 99.5 cm³/mol. The average Bonchev–Trinajstić information content (AvgIpc) is 2.69. The van der Waals surface area contributed by atoms with Crippen LogP contribution in [0.15, 0.2) is 23.1 Å². The summed E-state index contributed by atoms with van der Waals surface area (Å²) in [5, 5.41) is 7.38. The number of halogens is 3. The largest absolute Gasteiger partial charge is 0.492 e. The van der Waals surface area contributed by atoms with Crippen LogP contribution in [-0.4, -0.2) is 55.8 Å². The molecule has 0 saturated heterocycles. The van der Waals surface area contributed by atoms with Crippen molar-refractivity contribution < 1.29 is 40.6 Å². The summed E-state index contributed by atoms with van der Waals surface area (Å²) < 4.78 is 74.9. The fourth-order valence-corrected chi connectivity index (χ4v) is 2.74. The number of aromatic nitrogens is 3. The summed E-state index contributed by atoms with van der Waals surface area (Å²) in [6.45, 7) is 0.290. The third-order valence-corrected chi connectivity index (χ3v) is 4.29. The van der Waals surface area contributed by atoms with E-state index in [4.69, 9.17) is 14.6 Å². The number of anilines is 1. The fraction of sp³-hybridized carbons (Fsp3) is 0.375. The van der Waals surface area contributed by atoms with Gasteiger partial charge in [0.1, 0.15) is 10.6 Å². The second-order valence-electron chi connectivity index (χ2n) is 5.84. The van der Waals surface area contributed by atoms with Gasteiger partial charge in [0.05, 0.1) is 13.7 Å². The first-order valence-corrected chi connectivity index (χ1v) is 10.1. The van der Waals surface area contributed by atoms with E-state index in [-0.39, 0.29) is 22.8 Å². The van der Waals surface area contributed by atoms with Gasteiger partial charge in [0.2, 0.25) is 16.0 Å². The molecule has 1 aromatic heterocycles. The van der Waals surface area contributed by atoms with E-state index in [0.717, 1.165) is 25.3 Å². The predicted octanol–water partition coefficient (Wildman–Crippen LogP) is 1.51. The number of alkyl halides is 3. The molecule has 1 aromatic carbocycles. The maximum absolute atomic E-state index is 12.5. The number of hydrogen-bond acceptors (Lipinski definition) is 9. The lowest BCUT2D eigenvalue weighted by atomic mass is 10.2. The summed E-state index contributed by atoms with van der Waals surface area (Å²) in [5.74, 6) is -1.42. The molecule has 170 valence electrons. The second kappa shape index (κ2) is 9.74. The van der Waals surface area contributed by atoms with Crippen molar-refractivity contribution in [3.05, 3.63) is 23.8 Å². The van der Waals surface area contributed by atoms with Crippen molar-refractivity contribution in [2.45, 2.75) is 24.4 Å². The zero-order chi connectivity index (χ0) is 23.2. The molecule has 0 aliphatic rings. The van der Waals surface area contributed by atoms with Crippen LogP contribution in [0.2, 0.25) is 0 Å². The molecule has 1 amide bonds. The van der Waals surface area contributed by atoms with Gasteiger partial charge in [-0.05, 0) is 24.6 Å². The van der Waals surface area contributed by atoms with Crippen LogP contribution in [0.25, 0.3) is 0 Å². The Bertz CT molecular complexity index is 1050. The van der Waals surface area contributed by atoms with Gasteiger partial charge in [-0.3, -0.25) is 10.1 Å². The van der Waals surface area contributed by atoms with Crippen LogP contribution in [0, 0.1) is 0 Å². The number of primary sulfonamides is 1. The molecular formula is C16H18F3N5O6S. The lowest BCUT2D eigenvalue weighted by molar-refractivity contribution is -0.154. The quantitative estimate of drug-likeness (QED) is 0.560. The Labute approximate surface area is 174 Å². The molecule has 1 heterocycles. The zero-order valence-corrected chi connectivity index (χ0v) is 17.1. The monoisotopic (exact) mass is 465 g/mol. The van der Waals surface area contributed by atoms with Gasteiger partial charge in [0.25, 0.3) is 5.91 Å². The number of benzene rings is 1. The first kappa shape index (κ1) is 24.1. The van der Waals surface area contributed by atoms with Crippen molar-refractivity contribution in [1.29, 1.82) is 0 Å². The molecule has 2 rings (SSSR count). The van der Waals surface area contributed by atoms with Gasteiger partial charge in [-0.15, -0.1) is 4.98 Å². The molecule has 0 unspecified atom stereocenters. The molecule has 0 radical (unpaired) electrons. The van der Waals surface area contributed by atoms with Crippen LogP contribution in [0.3, 0.4) is 0 Å². The molecule has 0 atom stereocenters. The molecule has 31 heavy (non-hydrogen) atoms. The third kappa shape index (κ3) is 7.21. The molecule has 0 fully saturated rings. The van der Waals surface area contributed by atoms with Gasteiger partial charge < -0.3 is 14.2 Å². The van der Waals surface area contributed by atoms with E-state index in [1.807, 2.05) is 0 Å². The minimum Gasteiger partial charge on any atom is -0.492 e. The van der Waals surface area contributed by atoms with Crippen molar-refractivity contribution in [2.75, 3.05) is 25.6 Å². The van der Waals surface area contributed by atoms with E-state index in [1.165, 1.54) is 0 Å². The van der Waals surface area contributed by atoms with Gasteiger partial charge >= 0.3 is 18.2 Å². The van der Waals surface area contributed by atoms with Crippen LogP contribution in [0.4, 0.5) is 19.1 Å². The van der Waals surface area contributed by atoms with Gasteiger partial charge in [0.15, 0.2) is 6.61 Å². The highest BCUT2D eigenvalue weighted by atomic mass is 32.2. The SMILES string of the molecule is CCCOc1cc(C(=O)Nc2nc(OC)nc(OCC(F)(F)F)n2)ccc1S(N)(=O)=O. The lowest BCUT2D eigenvalue weighted by Gasteiger charge is -2.12. The van der Waals surface area contributed by atoms with E-state index in [0.29, 0.717) is 6.42 Å². The van der Waals surface area contributed by atoms with Gasteiger partial charge in [0, 0.05) is 5.56 Å². The summed E-state index contributed by atoms with van der Waals surface area (Å²) in [7, 11) is -2.96. The van der Waals surface area contributed by atoms with Crippen molar-refractivity contribution in [2.24, 2.45) is 5.14 Å². The molecule has 2 aromatic rings. The summed E-state index contributed by atoms with van der Waals surface area (Å²) in [6.07, 6.45) is -4.07. The zero-order valence-electron chi connectivity index (χ0n) is 16.3. The molecule has 3 N–H and O–H groups in total. The highest BCUT2D eigenvalue weighted by molar-refractivity contribution is 7.89. The molecule has 15 heteroatoms. The molecule has 0 spiro atoms. The minimum absolute atomic E-state index is 0.0596. The third-order valence-electron chi connectivity index (χ3n) is 3.34. The standard InChI is InChI=1S/C16H18F3N5O6S/c1-3-6-29-10-7-9(4-5-11(10)31(20,26)27)12(25)21-13-22-14(28-2)24-15(23-13)30-8-16(17,18)19/h4-5,7H,3,6,8H2,1-2H3,(H2,20,26,27)(H,21,22,23,24,25). The summed E-state index contributed by atoms with van der Waals surface area (Å²) in [5.41, 5.74) is -0.0596. The number of nitrogens with one attached hydrogen (secondary N) is 1. The van der Waals surface area contributed by atoms with Crippen LogP contribution < -0.4 is 24.7 Å². The maximum atomic E-state index is 12.5. The van der Waals surface area contributed by atoms with Crippen molar-refractivity contribution in [3.63, 3.8) is 0 Å². The Morgan fingerprint density at radius 2 is 1.84 bits per heavy atom. The van der Waals surface area contributed by atoms with Crippen LogP contribution in [-0.2, 0) is 10.0 Å². The number of carbonyl (C=O) groups excluding carboxylic acids is 1. The molecule has 0 aliphatic carbocycles. The average molecular weight is 465 g/mol. The Morgan fingerprint density at radius 1 is 1.16 bits per heavy atom. The summed E-state index contributed by atoms with van der Waals surface area (Å²) in [6, 6.07) is 2.26. The van der Waals surface area contributed by atoms with Crippen molar-refractivity contribution in [3.8, 4) is 17.8 Å². The first-order chi connectivity index (χ1) is 14.4. The number of amides is 1. The molecule has 0 saturated carbocycles. The number of sulfonamides is 1. The normalized spacial score (nSPS) is 11.7. The van der Waals surface area contributed by atoms with Crippen molar-refractivity contribution >= 4 is 21.9 Å². The van der Waals surface area contributed by atoms with Crippen LogP contribution >= 0.6 is 0 Å². The maximum Gasteiger partial charge on any atom is 0.422 e. The Morgan fingerprint density at radius 3 is 2.42 bits per heavy atom. The number of hydrogen-bond donors (Lipinski definition) is 2. The van der Waals surface area contributed by atoms with Crippen LogP contribution in [0.5, 0.6) is 17.8 Å². The van der Waals surface area contributed by atoms with E-state index in [2.05, 4.69) is 25.0 Å². The highest BCUT2D eigenvalue weighted by Crippen LogP contribution is 2.25. The molecule has 11 nitrogen and oxygen atoms in total. The smallest absolute Gasteiger partial charge is 0.422 e. The first-order valence-electron chi connectivity index (χ1n) is 8.53. The van der Waals surface area contributed by atoms with Crippen LogP contribution in [0.1, 0.15) is 23.7 Å². The highest BCUT2D eigenvalue weighted by Gasteiger charge is 2.29. The molecular weight excluding hydrogens is 447 g/mol. The molecule has 0 bridgehead atoms. The number of methoxy groups -OCH3 is 1. The number of ether oxygens (including phenoxy) is 3. The fourth-order valence-electron chi connectivity index (χ4n) is 2.08. The number of nitrogens with two attached hydrogens (primary N) is 1. The molecule has 0 aliphatic heterocycles. The Kier molecular flexibility index (Phi) is 7.56. The second-order valence-corrected chi connectivity index (χ2v) is 7.37. The minimum atomic E-state index is -4.64.